The van der Waals surface area contributed by atoms with Crippen molar-refractivity contribution < 1.29 is 0 Å². The monoisotopic (exact) mass is 272 g/mol. The molecule has 1 unspecified atom stereocenters. The molecule has 4 heteroatoms. The number of aryl methyl sites for hydroxylation is 1. The van der Waals surface area contributed by atoms with E-state index in [0.717, 1.165) is 38.0 Å². The predicted octanol–water partition coefficient (Wildman–Crippen LogP) is 2.97. The molecule has 0 aliphatic carbocycles. The van der Waals surface area contributed by atoms with Crippen LogP contribution in [0.2, 0.25) is 0 Å². The van der Waals surface area contributed by atoms with Crippen LogP contribution in [-0.4, -0.2) is 21.3 Å². The summed E-state index contributed by atoms with van der Waals surface area (Å²) in [6.45, 7) is 6.34. The van der Waals surface area contributed by atoms with Gasteiger partial charge in [0.25, 0.3) is 0 Å². The van der Waals surface area contributed by atoms with Crippen molar-refractivity contribution in [1.82, 2.24) is 20.1 Å². The molecule has 4 nitrogen and oxygen atoms in total. The van der Waals surface area contributed by atoms with E-state index in [1.807, 2.05) is 24.5 Å². The average molecular weight is 272 g/mol. The predicted molar refractivity (Wildman–Crippen MR) is 81.5 cm³/mol. The second-order valence-electron chi connectivity index (χ2n) is 5.01. The van der Waals surface area contributed by atoms with Gasteiger partial charge in [-0.05, 0) is 37.6 Å². The van der Waals surface area contributed by atoms with Crippen molar-refractivity contribution in [3.63, 3.8) is 0 Å². The van der Waals surface area contributed by atoms with Crippen LogP contribution in [0.5, 0.6) is 0 Å². The van der Waals surface area contributed by atoms with E-state index in [1.165, 1.54) is 5.69 Å². The van der Waals surface area contributed by atoms with E-state index in [1.54, 1.807) is 0 Å². The summed E-state index contributed by atoms with van der Waals surface area (Å²) in [6.07, 6.45) is 6.87. The van der Waals surface area contributed by atoms with Gasteiger partial charge in [-0.1, -0.05) is 19.9 Å². The fourth-order valence-electron chi connectivity index (χ4n) is 2.37. The van der Waals surface area contributed by atoms with Gasteiger partial charge in [-0.3, -0.25) is 9.67 Å². The first kappa shape index (κ1) is 14.7. The Morgan fingerprint density at radius 1 is 1.15 bits per heavy atom. The van der Waals surface area contributed by atoms with E-state index < -0.39 is 0 Å². The van der Waals surface area contributed by atoms with Gasteiger partial charge in [-0.15, -0.1) is 0 Å². The smallest absolute Gasteiger partial charge is 0.0557 e. The molecule has 0 fully saturated rings. The van der Waals surface area contributed by atoms with Crippen molar-refractivity contribution in [3.05, 3.63) is 48.0 Å². The Morgan fingerprint density at radius 2 is 2.05 bits per heavy atom. The molecular formula is C16H24N4. The van der Waals surface area contributed by atoms with E-state index in [2.05, 4.69) is 46.1 Å². The minimum atomic E-state index is 0.277. The van der Waals surface area contributed by atoms with Crippen molar-refractivity contribution in [2.24, 2.45) is 0 Å². The molecule has 2 aromatic heterocycles. The maximum absolute atomic E-state index is 4.44. The van der Waals surface area contributed by atoms with Crippen LogP contribution in [0.1, 0.15) is 44.1 Å². The summed E-state index contributed by atoms with van der Waals surface area (Å²) in [5.74, 6) is 0. The fourth-order valence-corrected chi connectivity index (χ4v) is 2.37. The standard InChI is InChI=1S/C16H24N4/c1-3-9-18-15(13-14-7-5-6-10-17-14)16-8-11-19-20(16)12-4-2/h5-8,10-11,15,18H,3-4,9,12-13H2,1-2H3. The molecule has 20 heavy (non-hydrogen) atoms. The molecule has 0 saturated heterocycles. The number of nitrogens with one attached hydrogen (secondary N) is 1. The van der Waals surface area contributed by atoms with Crippen LogP contribution in [0.15, 0.2) is 36.7 Å². The van der Waals surface area contributed by atoms with Crippen molar-refractivity contribution in [1.29, 1.82) is 0 Å². The Labute approximate surface area is 121 Å². The molecule has 0 aliphatic rings. The zero-order valence-corrected chi connectivity index (χ0v) is 12.4. The van der Waals surface area contributed by atoms with Gasteiger partial charge in [-0.2, -0.15) is 5.10 Å². The second-order valence-corrected chi connectivity index (χ2v) is 5.01. The van der Waals surface area contributed by atoms with Crippen LogP contribution in [0.3, 0.4) is 0 Å². The highest BCUT2D eigenvalue weighted by atomic mass is 15.3. The van der Waals surface area contributed by atoms with Crippen LogP contribution in [0.25, 0.3) is 0 Å². The summed E-state index contributed by atoms with van der Waals surface area (Å²) in [4.78, 5) is 4.44. The summed E-state index contributed by atoms with van der Waals surface area (Å²) in [7, 11) is 0. The molecule has 0 aliphatic heterocycles. The van der Waals surface area contributed by atoms with Crippen LogP contribution in [0, 0.1) is 0 Å². The SMILES string of the molecule is CCCNC(Cc1ccccn1)c1ccnn1CCC. The lowest BCUT2D eigenvalue weighted by Gasteiger charge is -2.19. The van der Waals surface area contributed by atoms with Crippen LogP contribution in [-0.2, 0) is 13.0 Å². The molecule has 1 N–H and O–H groups in total. The zero-order valence-electron chi connectivity index (χ0n) is 12.4. The molecule has 2 heterocycles. The van der Waals surface area contributed by atoms with Gasteiger partial charge >= 0.3 is 0 Å². The zero-order chi connectivity index (χ0) is 14.2. The summed E-state index contributed by atoms with van der Waals surface area (Å²) in [5, 5.41) is 8.05. The van der Waals surface area contributed by atoms with Crippen LogP contribution < -0.4 is 5.32 Å². The van der Waals surface area contributed by atoms with Gasteiger partial charge in [0, 0.05) is 31.1 Å². The molecule has 0 radical (unpaired) electrons. The number of hydrogen-bond donors (Lipinski definition) is 1. The summed E-state index contributed by atoms with van der Waals surface area (Å²) >= 11 is 0. The Hall–Kier alpha value is -1.68. The molecule has 0 spiro atoms. The van der Waals surface area contributed by atoms with Crippen LogP contribution in [0.4, 0.5) is 0 Å². The quantitative estimate of drug-likeness (QED) is 0.803. The largest absolute Gasteiger partial charge is 0.308 e. The summed E-state index contributed by atoms with van der Waals surface area (Å²) in [5.41, 5.74) is 2.37. The number of nitrogens with zero attached hydrogens (tertiary/aromatic N) is 3. The third kappa shape index (κ3) is 3.90. The molecule has 0 amide bonds. The molecule has 0 aromatic carbocycles. The normalized spacial score (nSPS) is 12.5. The van der Waals surface area contributed by atoms with Crippen molar-refractivity contribution in [3.8, 4) is 0 Å². The Morgan fingerprint density at radius 3 is 2.75 bits per heavy atom. The first-order chi connectivity index (χ1) is 9.85. The summed E-state index contributed by atoms with van der Waals surface area (Å²) < 4.78 is 2.11. The molecular weight excluding hydrogens is 248 g/mol. The van der Waals surface area contributed by atoms with Gasteiger partial charge in [0.05, 0.1) is 11.7 Å². The first-order valence-corrected chi connectivity index (χ1v) is 7.50. The van der Waals surface area contributed by atoms with Gasteiger partial charge in [0.1, 0.15) is 0 Å². The van der Waals surface area contributed by atoms with E-state index in [-0.39, 0.29) is 6.04 Å². The second kappa shape index (κ2) is 7.80. The third-order valence-corrected chi connectivity index (χ3v) is 3.32. The molecule has 1 atom stereocenters. The maximum atomic E-state index is 4.44. The van der Waals surface area contributed by atoms with E-state index in [9.17, 15) is 0 Å². The van der Waals surface area contributed by atoms with Crippen molar-refractivity contribution in [2.75, 3.05) is 6.54 Å². The number of aromatic nitrogens is 3. The van der Waals surface area contributed by atoms with E-state index in [0.29, 0.717) is 0 Å². The van der Waals surface area contributed by atoms with Gasteiger partial charge in [0.2, 0.25) is 0 Å². The minimum absolute atomic E-state index is 0.277. The lowest BCUT2D eigenvalue weighted by Crippen LogP contribution is -2.27. The molecule has 0 saturated carbocycles. The van der Waals surface area contributed by atoms with Gasteiger partial charge < -0.3 is 5.32 Å². The van der Waals surface area contributed by atoms with Crippen molar-refractivity contribution >= 4 is 0 Å². The van der Waals surface area contributed by atoms with E-state index >= 15 is 0 Å². The Bertz CT molecular complexity index is 492. The lowest BCUT2D eigenvalue weighted by atomic mass is 10.1. The number of rotatable bonds is 8. The van der Waals surface area contributed by atoms with Gasteiger partial charge in [-0.25, -0.2) is 0 Å². The molecule has 2 aromatic rings. The highest BCUT2D eigenvalue weighted by Gasteiger charge is 2.16. The number of hydrogen-bond acceptors (Lipinski definition) is 3. The minimum Gasteiger partial charge on any atom is -0.308 e. The van der Waals surface area contributed by atoms with Crippen molar-refractivity contribution in [2.45, 2.75) is 45.7 Å². The van der Waals surface area contributed by atoms with E-state index in [4.69, 9.17) is 0 Å². The lowest BCUT2D eigenvalue weighted by molar-refractivity contribution is 0.465. The highest BCUT2D eigenvalue weighted by Crippen LogP contribution is 2.17. The van der Waals surface area contributed by atoms with Gasteiger partial charge in [0.15, 0.2) is 0 Å². The fraction of sp³-hybridized carbons (Fsp3) is 0.500. The Balaban J connectivity index is 2.16. The maximum Gasteiger partial charge on any atom is 0.0557 e. The van der Waals surface area contributed by atoms with Crippen LogP contribution >= 0.6 is 0 Å². The number of pyridine rings is 1. The topological polar surface area (TPSA) is 42.7 Å². The first-order valence-electron chi connectivity index (χ1n) is 7.50. The molecule has 2 rings (SSSR count). The third-order valence-electron chi connectivity index (χ3n) is 3.32. The molecule has 0 bridgehead atoms. The summed E-state index contributed by atoms with van der Waals surface area (Å²) in [6, 6.07) is 8.48. The highest BCUT2D eigenvalue weighted by molar-refractivity contribution is 5.13. The Kier molecular flexibility index (Phi) is 5.74. The average Bonchev–Trinajstić information content (AvgIpc) is 2.93. The molecule has 108 valence electrons.